The van der Waals surface area contributed by atoms with Crippen LogP contribution in [0.3, 0.4) is 0 Å². The van der Waals surface area contributed by atoms with E-state index in [2.05, 4.69) is 15.8 Å². The van der Waals surface area contributed by atoms with E-state index in [9.17, 15) is 4.79 Å². The van der Waals surface area contributed by atoms with E-state index in [0.29, 0.717) is 18.0 Å². The summed E-state index contributed by atoms with van der Waals surface area (Å²) in [5.41, 5.74) is 1.07. The molecule has 0 aliphatic carbocycles. The van der Waals surface area contributed by atoms with Crippen LogP contribution in [0.1, 0.15) is 20.8 Å². The predicted molar refractivity (Wildman–Crippen MR) is 83.3 cm³/mol. The fourth-order valence-electron chi connectivity index (χ4n) is 1.79. The van der Waals surface area contributed by atoms with Crippen molar-refractivity contribution in [3.8, 4) is 5.88 Å². The van der Waals surface area contributed by atoms with Crippen molar-refractivity contribution in [1.82, 2.24) is 10.5 Å². The van der Waals surface area contributed by atoms with Gasteiger partial charge in [-0.05, 0) is 44.1 Å². The molecule has 2 rings (SSSR count). The summed E-state index contributed by atoms with van der Waals surface area (Å²) < 4.78 is 15.8. The van der Waals surface area contributed by atoms with Gasteiger partial charge < -0.3 is 24.6 Å². The van der Waals surface area contributed by atoms with Crippen LogP contribution in [0.25, 0.3) is 11.0 Å². The third kappa shape index (κ3) is 4.28. The molecule has 0 aliphatic rings. The molecule has 0 saturated carbocycles. The summed E-state index contributed by atoms with van der Waals surface area (Å²) in [6, 6.07) is 5.60. The number of benzene rings is 1. The van der Waals surface area contributed by atoms with Gasteiger partial charge >= 0.3 is 6.09 Å². The van der Waals surface area contributed by atoms with Crippen LogP contribution in [0, 0.1) is 0 Å². The lowest BCUT2D eigenvalue weighted by Crippen LogP contribution is -2.34. The minimum atomic E-state index is -0.517. The number of nitrogens with one attached hydrogen (secondary N) is 2. The van der Waals surface area contributed by atoms with Gasteiger partial charge in [-0.25, -0.2) is 4.79 Å². The van der Waals surface area contributed by atoms with Gasteiger partial charge in [-0.3, -0.25) is 0 Å². The van der Waals surface area contributed by atoms with Gasteiger partial charge in [0, 0.05) is 12.7 Å². The minimum absolute atomic E-state index is 0.269. The average molecular weight is 307 g/mol. The molecule has 7 nitrogen and oxygen atoms in total. The van der Waals surface area contributed by atoms with Crippen molar-refractivity contribution in [2.45, 2.75) is 26.4 Å². The Morgan fingerprint density at radius 3 is 2.82 bits per heavy atom. The lowest BCUT2D eigenvalue weighted by molar-refractivity contribution is 0.0520. The van der Waals surface area contributed by atoms with Gasteiger partial charge in [-0.1, -0.05) is 0 Å². The Hall–Kier alpha value is -2.44. The lowest BCUT2D eigenvalue weighted by Gasteiger charge is -2.19. The zero-order chi connectivity index (χ0) is 16.2. The van der Waals surface area contributed by atoms with E-state index >= 15 is 0 Å². The Morgan fingerprint density at radius 1 is 1.36 bits per heavy atom. The van der Waals surface area contributed by atoms with E-state index < -0.39 is 11.7 Å². The number of anilines is 1. The van der Waals surface area contributed by atoms with Crippen molar-refractivity contribution < 1.29 is 18.8 Å². The highest BCUT2D eigenvalue weighted by Gasteiger charge is 2.15. The van der Waals surface area contributed by atoms with E-state index in [0.717, 1.165) is 11.1 Å². The quantitative estimate of drug-likeness (QED) is 0.826. The molecule has 120 valence electrons. The summed E-state index contributed by atoms with van der Waals surface area (Å²) in [5, 5.41) is 10.3. The van der Waals surface area contributed by atoms with Gasteiger partial charge in [0.25, 0.3) is 5.88 Å². The molecule has 1 heterocycles. The van der Waals surface area contributed by atoms with E-state index in [4.69, 9.17) is 14.0 Å². The molecule has 0 aliphatic heterocycles. The topological polar surface area (TPSA) is 85.6 Å². The SMILES string of the molecule is CNc1ccc2onc(OCCNC(=O)OC(C)(C)C)c2c1. The van der Waals surface area contributed by atoms with Gasteiger partial charge in [0.1, 0.15) is 12.2 Å². The molecular weight excluding hydrogens is 286 g/mol. The van der Waals surface area contributed by atoms with Crippen LogP contribution in [0.4, 0.5) is 10.5 Å². The van der Waals surface area contributed by atoms with Crippen molar-refractivity contribution in [3.63, 3.8) is 0 Å². The molecule has 0 saturated heterocycles. The summed E-state index contributed by atoms with van der Waals surface area (Å²) in [7, 11) is 1.83. The van der Waals surface area contributed by atoms with Crippen LogP contribution >= 0.6 is 0 Å². The van der Waals surface area contributed by atoms with Crippen LogP contribution in [-0.2, 0) is 4.74 Å². The molecule has 22 heavy (non-hydrogen) atoms. The highest BCUT2D eigenvalue weighted by molar-refractivity contribution is 5.85. The number of hydrogen-bond acceptors (Lipinski definition) is 6. The molecule has 1 aromatic heterocycles. The standard InChI is InChI=1S/C15H21N3O4/c1-15(2,3)21-14(19)17-7-8-20-13-11-9-10(16-4)5-6-12(11)22-18-13/h5-6,9,16H,7-8H2,1-4H3,(H,17,19). The van der Waals surface area contributed by atoms with E-state index in [1.807, 2.05) is 46.0 Å². The highest BCUT2D eigenvalue weighted by atomic mass is 16.6. The zero-order valence-electron chi connectivity index (χ0n) is 13.2. The van der Waals surface area contributed by atoms with Gasteiger partial charge in [0.05, 0.1) is 11.9 Å². The fourth-order valence-corrected chi connectivity index (χ4v) is 1.79. The van der Waals surface area contributed by atoms with Crippen LogP contribution in [0.2, 0.25) is 0 Å². The maximum absolute atomic E-state index is 11.5. The number of carbonyl (C=O) groups is 1. The first-order valence-corrected chi connectivity index (χ1v) is 7.06. The second kappa shape index (κ2) is 6.55. The Labute approximate surface area is 128 Å². The normalized spacial score (nSPS) is 11.3. The number of aromatic nitrogens is 1. The molecule has 0 spiro atoms. The number of carbonyl (C=O) groups excluding carboxylic acids is 1. The number of ether oxygens (including phenoxy) is 2. The van der Waals surface area contributed by atoms with Crippen LogP contribution in [0.15, 0.2) is 22.7 Å². The van der Waals surface area contributed by atoms with E-state index in [1.54, 1.807) is 0 Å². The summed E-state index contributed by atoms with van der Waals surface area (Å²) in [6.07, 6.45) is -0.474. The maximum Gasteiger partial charge on any atom is 0.407 e. The highest BCUT2D eigenvalue weighted by Crippen LogP contribution is 2.27. The molecule has 0 radical (unpaired) electrons. The Balaban J connectivity index is 1.86. The maximum atomic E-state index is 11.5. The third-order valence-corrected chi connectivity index (χ3v) is 2.73. The Morgan fingerprint density at radius 2 is 2.14 bits per heavy atom. The molecule has 1 amide bonds. The average Bonchev–Trinajstić information content (AvgIpc) is 2.84. The second-order valence-corrected chi connectivity index (χ2v) is 5.73. The number of alkyl carbamates (subject to hydrolysis) is 1. The smallest absolute Gasteiger partial charge is 0.407 e. The number of hydrogen-bond donors (Lipinski definition) is 2. The van der Waals surface area contributed by atoms with Gasteiger partial charge in [-0.15, -0.1) is 0 Å². The Kier molecular flexibility index (Phi) is 4.75. The zero-order valence-corrected chi connectivity index (χ0v) is 13.2. The number of amides is 1. The van der Waals surface area contributed by atoms with Crippen molar-refractivity contribution in [2.24, 2.45) is 0 Å². The fraction of sp³-hybridized carbons (Fsp3) is 0.467. The largest absolute Gasteiger partial charge is 0.473 e. The summed E-state index contributed by atoms with van der Waals surface area (Å²) in [4.78, 5) is 11.5. The first-order valence-electron chi connectivity index (χ1n) is 7.06. The third-order valence-electron chi connectivity index (χ3n) is 2.73. The lowest BCUT2D eigenvalue weighted by atomic mass is 10.2. The molecule has 2 N–H and O–H groups in total. The van der Waals surface area contributed by atoms with Crippen LogP contribution in [-0.4, -0.2) is 37.1 Å². The molecule has 7 heteroatoms. The molecule has 2 aromatic rings. The molecule has 0 fully saturated rings. The van der Waals surface area contributed by atoms with E-state index in [1.165, 1.54) is 0 Å². The first kappa shape index (κ1) is 15.9. The first-order chi connectivity index (χ1) is 10.4. The molecule has 0 atom stereocenters. The van der Waals surface area contributed by atoms with Gasteiger partial charge in [0.15, 0.2) is 5.58 Å². The van der Waals surface area contributed by atoms with Crippen LogP contribution in [0.5, 0.6) is 5.88 Å². The predicted octanol–water partition coefficient (Wildman–Crippen LogP) is 2.77. The molecule has 1 aromatic carbocycles. The summed E-state index contributed by atoms with van der Waals surface area (Å²) >= 11 is 0. The van der Waals surface area contributed by atoms with Gasteiger partial charge in [0.2, 0.25) is 0 Å². The van der Waals surface area contributed by atoms with E-state index in [-0.39, 0.29) is 6.61 Å². The van der Waals surface area contributed by atoms with Crippen LogP contribution < -0.4 is 15.4 Å². The Bertz CT molecular complexity index is 646. The summed E-state index contributed by atoms with van der Waals surface area (Å²) in [6.45, 7) is 6.01. The summed E-state index contributed by atoms with van der Waals surface area (Å²) in [5.74, 6) is 0.401. The van der Waals surface area contributed by atoms with Gasteiger partial charge in [-0.2, -0.15) is 0 Å². The minimum Gasteiger partial charge on any atom is -0.473 e. The molecule has 0 bridgehead atoms. The second-order valence-electron chi connectivity index (χ2n) is 5.73. The van der Waals surface area contributed by atoms with Crippen molar-refractivity contribution in [3.05, 3.63) is 18.2 Å². The van der Waals surface area contributed by atoms with Crippen molar-refractivity contribution in [2.75, 3.05) is 25.5 Å². The van der Waals surface area contributed by atoms with Crippen molar-refractivity contribution >= 4 is 22.7 Å². The van der Waals surface area contributed by atoms with Crippen molar-refractivity contribution in [1.29, 1.82) is 0 Å². The molecular formula is C15H21N3O4. The number of nitrogens with zero attached hydrogens (tertiary/aromatic N) is 1. The number of rotatable bonds is 5. The monoisotopic (exact) mass is 307 g/mol. The molecule has 0 unspecified atom stereocenters. The number of fused-ring (bicyclic) bond motifs is 1.